The van der Waals surface area contributed by atoms with Gasteiger partial charge in [0.15, 0.2) is 0 Å². The number of aromatic nitrogens is 2. The summed E-state index contributed by atoms with van der Waals surface area (Å²) < 4.78 is 0. The van der Waals surface area contributed by atoms with Gasteiger partial charge in [0.2, 0.25) is 0 Å². The van der Waals surface area contributed by atoms with E-state index in [1.54, 1.807) is 12.4 Å². The summed E-state index contributed by atoms with van der Waals surface area (Å²) in [4.78, 5) is 8.49. The van der Waals surface area contributed by atoms with Gasteiger partial charge in [-0.2, -0.15) is 0 Å². The van der Waals surface area contributed by atoms with Crippen molar-refractivity contribution < 1.29 is 10.2 Å². The Labute approximate surface area is 139 Å². The van der Waals surface area contributed by atoms with E-state index in [0.717, 1.165) is 21.9 Å². The molecule has 4 aromatic rings. The fraction of sp³-hybridized carbons (Fsp3) is 0.100. The van der Waals surface area contributed by atoms with Crippen LogP contribution in [0.3, 0.4) is 0 Å². The first kappa shape index (κ1) is 14.5. The van der Waals surface area contributed by atoms with Crippen molar-refractivity contribution in [2.45, 2.75) is 12.8 Å². The van der Waals surface area contributed by atoms with Gasteiger partial charge < -0.3 is 10.2 Å². The summed E-state index contributed by atoms with van der Waals surface area (Å²) in [6.07, 6.45) is 4.58. The van der Waals surface area contributed by atoms with Gasteiger partial charge in [0, 0.05) is 23.2 Å². The quantitative estimate of drug-likeness (QED) is 0.600. The number of aryl methyl sites for hydroxylation is 2. The van der Waals surface area contributed by atoms with Crippen molar-refractivity contribution in [2.75, 3.05) is 0 Å². The summed E-state index contributed by atoms with van der Waals surface area (Å²) in [5.41, 5.74) is 2.86. The van der Waals surface area contributed by atoms with Gasteiger partial charge in [0.05, 0.1) is 0 Å². The molecule has 2 N–H and O–H groups in total. The molecule has 0 amide bonds. The van der Waals surface area contributed by atoms with Crippen molar-refractivity contribution in [3.63, 3.8) is 0 Å². The molecule has 0 atom stereocenters. The van der Waals surface area contributed by atoms with Crippen LogP contribution in [-0.4, -0.2) is 20.2 Å². The van der Waals surface area contributed by atoms with Gasteiger partial charge in [-0.3, -0.25) is 9.97 Å². The first-order valence-corrected chi connectivity index (χ1v) is 7.85. The number of nitrogens with zero attached hydrogens (tertiary/aromatic N) is 2. The zero-order valence-corrected chi connectivity index (χ0v) is 13.0. The average molecular weight is 316 g/mol. The van der Waals surface area contributed by atoms with Gasteiger partial charge in [0.1, 0.15) is 22.5 Å². The third-order valence-corrected chi connectivity index (χ3v) is 4.33. The van der Waals surface area contributed by atoms with Crippen LogP contribution in [0.1, 0.15) is 11.1 Å². The minimum Gasteiger partial charge on any atom is -0.505 e. The Morgan fingerprint density at radius 2 is 1.08 bits per heavy atom. The van der Waals surface area contributed by atoms with Gasteiger partial charge in [-0.15, -0.1) is 0 Å². The normalized spacial score (nSPS) is 11.2. The lowest BCUT2D eigenvalue weighted by molar-refractivity contribution is 0.467. The summed E-state index contributed by atoms with van der Waals surface area (Å²) >= 11 is 0. The van der Waals surface area contributed by atoms with Crippen molar-refractivity contribution in [3.05, 3.63) is 72.1 Å². The molecule has 0 aliphatic heterocycles. The molecule has 24 heavy (non-hydrogen) atoms. The van der Waals surface area contributed by atoms with Gasteiger partial charge >= 0.3 is 0 Å². The molecule has 0 saturated heterocycles. The second kappa shape index (κ2) is 5.81. The van der Waals surface area contributed by atoms with Crippen LogP contribution in [0.15, 0.2) is 60.9 Å². The van der Waals surface area contributed by atoms with Crippen LogP contribution in [0.4, 0.5) is 0 Å². The summed E-state index contributed by atoms with van der Waals surface area (Å²) in [5.74, 6) is 0.429. The highest BCUT2D eigenvalue weighted by molar-refractivity contribution is 5.86. The Hall–Kier alpha value is -3.14. The fourth-order valence-electron chi connectivity index (χ4n) is 3.02. The Bertz CT molecular complexity index is 959. The molecule has 118 valence electrons. The average Bonchev–Trinajstić information content (AvgIpc) is 2.63. The van der Waals surface area contributed by atoms with Crippen LogP contribution in [0.5, 0.6) is 11.5 Å². The number of aromatic hydroxyl groups is 2. The molecule has 0 spiro atoms. The molecule has 4 nitrogen and oxygen atoms in total. The minimum absolute atomic E-state index is 0.214. The van der Waals surface area contributed by atoms with E-state index in [1.807, 2.05) is 48.5 Å². The molecule has 0 saturated carbocycles. The molecule has 0 unspecified atom stereocenters. The molecule has 0 radical (unpaired) electrons. The molecule has 0 bridgehead atoms. The third kappa shape index (κ3) is 2.42. The van der Waals surface area contributed by atoms with Gasteiger partial charge in [-0.1, -0.05) is 36.4 Å². The van der Waals surface area contributed by atoms with E-state index in [0.29, 0.717) is 23.9 Å². The van der Waals surface area contributed by atoms with Crippen LogP contribution >= 0.6 is 0 Å². The van der Waals surface area contributed by atoms with Crippen molar-refractivity contribution in [3.8, 4) is 11.5 Å². The number of fused-ring (bicyclic) bond motifs is 2. The first-order chi connectivity index (χ1) is 11.7. The maximum Gasteiger partial charge on any atom is 0.144 e. The van der Waals surface area contributed by atoms with Gasteiger partial charge in [-0.05, 0) is 36.1 Å². The third-order valence-electron chi connectivity index (χ3n) is 4.33. The number of hydrogen-bond donors (Lipinski definition) is 2. The van der Waals surface area contributed by atoms with Crippen LogP contribution in [0.25, 0.3) is 21.8 Å². The predicted molar refractivity (Wildman–Crippen MR) is 94.2 cm³/mol. The largest absolute Gasteiger partial charge is 0.505 e. The molecular weight excluding hydrogens is 300 g/mol. The van der Waals surface area contributed by atoms with Crippen LogP contribution in [0.2, 0.25) is 0 Å². The molecule has 0 aliphatic rings. The maximum atomic E-state index is 10.4. The molecule has 0 fully saturated rings. The Balaban J connectivity index is 1.66. The SMILES string of the molecule is Oc1c(CCc2ccc3cccnc3c2O)ccc2cccnc12. The van der Waals surface area contributed by atoms with E-state index in [4.69, 9.17) is 0 Å². The molecule has 4 heteroatoms. The lowest BCUT2D eigenvalue weighted by Crippen LogP contribution is -1.95. The highest BCUT2D eigenvalue weighted by Crippen LogP contribution is 2.31. The fourth-order valence-corrected chi connectivity index (χ4v) is 3.02. The first-order valence-electron chi connectivity index (χ1n) is 7.85. The van der Waals surface area contributed by atoms with E-state index < -0.39 is 0 Å². The van der Waals surface area contributed by atoms with Crippen molar-refractivity contribution >= 4 is 21.8 Å². The number of pyridine rings is 2. The van der Waals surface area contributed by atoms with E-state index in [2.05, 4.69) is 9.97 Å². The molecule has 2 aromatic heterocycles. The number of phenolic OH excluding ortho intramolecular Hbond substituents is 2. The van der Waals surface area contributed by atoms with Crippen molar-refractivity contribution in [1.29, 1.82) is 0 Å². The smallest absolute Gasteiger partial charge is 0.144 e. The van der Waals surface area contributed by atoms with E-state index in [1.165, 1.54) is 0 Å². The highest BCUT2D eigenvalue weighted by Gasteiger charge is 2.11. The lowest BCUT2D eigenvalue weighted by atomic mass is 10.00. The summed E-state index contributed by atoms with van der Waals surface area (Å²) in [6.45, 7) is 0. The standard InChI is InChI=1S/C20H16N2O2/c23-19-15(7-5-13-3-1-11-21-17(13)19)9-10-16-8-6-14-4-2-12-22-18(14)20(16)24/h1-8,11-12,23-24H,9-10H2. The van der Waals surface area contributed by atoms with Gasteiger partial charge in [0.25, 0.3) is 0 Å². The topological polar surface area (TPSA) is 66.2 Å². The molecule has 2 aromatic carbocycles. The van der Waals surface area contributed by atoms with E-state index in [-0.39, 0.29) is 11.5 Å². The van der Waals surface area contributed by atoms with E-state index >= 15 is 0 Å². The second-order valence-corrected chi connectivity index (χ2v) is 5.80. The van der Waals surface area contributed by atoms with Gasteiger partial charge in [-0.25, -0.2) is 0 Å². The summed E-state index contributed by atoms with van der Waals surface area (Å²) in [7, 11) is 0. The van der Waals surface area contributed by atoms with Crippen LogP contribution in [-0.2, 0) is 12.8 Å². The zero-order valence-electron chi connectivity index (χ0n) is 13.0. The van der Waals surface area contributed by atoms with E-state index in [9.17, 15) is 10.2 Å². The Morgan fingerprint density at radius 3 is 1.54 bits per heavy atom. The van der Waals surface area contributed by atoms with Crippen LogP contribution in [0, 0.1) is 0 Å². The lowest BCUT2D eigenvalue weighted by Gasteiger charge is -2.09. The monoisotopic (exact) mass is 316 g/mol. The Kier molecular flexibility index (Phi) is 3.50. The molecule has 4 rings (SSSR count). The minimum atomic E-state index is 0.214. The summed E-state index contributed by atoms with van der Waals surface area (Å²) in [5, 5.41) is 22.7. The number of benzene rings is 2. The maximum absolute atomic E-state index is 10.4. The molecule has 2 heterocycles. The zero-order chi connectivity index (χ0) is 16.5. The highest BCUT2D eigenvalue weighted by atomic mass is 16.3. The number of rotatable bonds is 3. The molecule has 0 aliphatic carbocycles. The predicted octanol–water partition coefficient (Wildman–Crippen LogP) is 3.98. The van der Waals surface area contributed by atoms with Crippen molar-refractivity contribution in [1.82, 2.24) is 9.97 Å². The Morgan fingerprint density at radius 1 is 0.625 bits per heavy atom. The number of phenols is 2. The molecular formula is C20H16N2O2. The second-order valence-electron chi connectivity index (χ2n) is 5.80. The summed E-state index contributed by atoms with van der Waals surface area (Å²) in [6, 6.07) is 15.3. The van der Waals surface area contributed by atoms with Crippen LogP contribution < -0.4 is 0 Å². The number of hydrogen-bond acceptors (Lipinski definition) is 4. The van der Waals surface area contributed by atoms with Crippen molar-refractivity contribution in [2.24, 2.45) is 0 Å².